The number of amides is 1. The molecule has 0 aliphatic heterocycles. The van der Waals surface area contributed by atoms with Crippen LogP contribution in [0.2, 0.25) is 10.0 Å². The summed E-state index contributed by atoms with van der Waals surface area (Å²) in [6, 6.07) is 1.98. The Morgan fingerprint density at radius 2 is 1.55 bits per heavy atom. The van der Waals surface area contributed by atoms with E-state index >= 15 is 0 Å². The van der Waals surface area contributed by atoms with Crippen molar-refractivity contribution >= 4 is 40.8 Å². The van der Waals surface area contributed by atoms with Crippen LogP contribution >= 0.6 is 23.2 Å². The Kier molecular flexibility index (Phi) is 6.57. The molecule has 0 aromatic heterocycles. The highest BCUT2D eigenvalue weighted by atomic mass is 35.5. The van der Waals surface area contributed by atoms with Gasteiger partial charge in [-0.25, -0.2) is 4.79 Å². The van der Waals surface area contributed by atoms with Crippen LogP contribution in [-0.4, -0.2) is 28.9 Å². The van der Waals surface area contributed by atoms with Crippen molar-refractivity contribution in [3.8, 4) is 18.1 Å². The number of nitrogens with zero attached hydrogens (tertiary/aromatic N) is 1. The molecular weight excluding hydrogens is 458 g/mol. The van der Waals surface area contributed by atoms with Crippen LogP contribution in [0.3, 0.4) is 0 Å². The summed E-state index contributed by atoms with van der Waals surface area (Å²) >= 11 is 11.9. The molecule has 0 spiro atoms. The van der Waals surface area contributed by atoms with Crippen molar-refractivity contribution in [1.82, 2.24) is 0 Å². The lowest BCUT2D eigenvalue weighted by Gasteiger charge is -2.53. The summed E-state index contributed by atoms with van der Waals surface area (Å²) in [6.45, 7) is 7.52. The Bertz CT molecular complexity index is 912. The zero-order chi connectivity index (χ0) is 24.0. The van der Waals surface area contributed by atoms with Crippen LogP contribution in [0.25, 0.3) is 0 Å². The van der Waals surface area contributed by atoms with E-state index in [0.717, 1.165) is 17.0 Å². The molecule has 31 heavy (non-hydrogen) atoms. The Balaban J connectivity index is 2.74. The minimum Gasteiger partial charge on any atom is -0.479 e. The average Bonchev–Trinajstić information content (AvgIpc) is 2.54. The van der Waals surface area contributed by atoms with Gasteiger partial charge >= 0.3 is 18.2 Å². The van der Waals surface area contributed by atoms with Gasteiger partial charge in [0.05, 0.1) is 10.0 Å². The molecule has 0 heterocycles. The number of carbonyl (C=O) groups excluding carboxylic acids is 1. The van der Waals surface area contributed by atoms with Gasteiger partial charge in [-0.3, -0.25) is 9.69 Å². The number of alkyl halides is 3. The van der Waals surface area contributed by atoms with Gasteiger partial charge < -0.3 is 9.84 Å². The van der Waals surface area contributed by atoms with Gasteiger partial charge in [-0.05, 0) is 48.1 Å². The van der Waals surface area contributed by atoms with Crippen molar-refractivity contribution in [3.63, 3.8) is 0 Å². The Labute approximate surface area is 188 Å². The zero-order valence-corrected chi connectivity index (χ0v) is 18.9. The normalized spacial score (nSPS) is 19.2. The second kappa shape index (κ2) is 8.10. The highest BCUT2D eigenvalue weighted by Crippen LogP contribution is 2.54. The number of ether oxygens (including phenoxy) is 1. The van der Waals surface area contributed by atoms with Crippen LogP contribution in [0.4, 0.5) is 18.9 Å². The molecule has 1 amide bonds. The van der Waals surface area contributed by atoms with Crippen molar-refractivity contribution in [2.75, 3.05) is 4.90 Å². The topological polar surface area (TPSA) is 66.8 Å². The first-order chi connectivity index (χ1) is 13.9. The Hall–Kier alpha value is -2.11. The number of benzene rings is 1. The van der Waals surface area contributed by atoms with E-state index in [0.29, 0.717) is 6.42 Å². The molecule has 1 aliphatic carbocycles. The summed E-state index contributed by atoms with van der Waals surface area (Å²) in [5, 5.41) is 9.17. The molecule has 1 aromatic carbocycles. The summed E-state index contributed by atoms with van der Waals surface area (Å²) in [5.41, 5.74) is -2.88. The highest BCUT2D eigenvalue weighted by Gasteiger charge is 2.57. The lowest BCUT2D eigenvalue weighted by Crippen LogP contribution is -2.63. The van der Waals surface area contributed by atoms with E-state index in [4.69, 9.17) is 29.6 Å². The van der Waals surface area contributed by atoms with Crippen molar-refractivity contribution < 1.29 is 32.6 Å². The second-order valence-electron chi connectivity index (χ2n) is 9.27. The van der Waals surface area contributed by atoms with Gasteiger partial charge in [-0.2, -0.15) is 0 Å². The molecule has 10 heteroatoms. The molecule has 2 rings (SSSR count). The molecule has 0 bridgehead atoms. The maximum absolute atomic E-state index is 12.8. The molecular formula is C21H22Cl2F3NO4. The van der Waals surface area contributed by atoms with Gasteiger partial charge in [0, 0.05) is 5.69 Å². The SMILES string of the molecule is C#CC(=O)N(c1cc(Cl)c(OC(F)(F)F)c(Cl)c1)C1(C(=O)O)CC(C)(C)CC(C)(C)C1. The zero-order valence-electron chi connectivity index (χ0n) is 17.4. The van der Waals surface area contributed by atoms with Crippen LogP contribution in [0.1, 0.15) is 47.0 Å². The maximum atomic E-state index is 12.8. The number of terminal acetylenes is 1. The third-order valence-electron chi connectivity index (χ3n) is 5.11. The number of hydrogen-bond acceptors (Lipinski definition) is 3. The lowest BCUT2D eigenvalue weighted by atomic mass is 9.57. The molecule has 0 unspecified atom stereocenters. The van der Waals surface area contributed by atoms with E-state index in [1.165, 1.54) is 0 Å². The summed E-state index contributed by atoms with van der Waals surface area (Å²) in [4.78, 5) is 26.3. The number of halogens is 5. The minimum atomic E-state index is -5.05. The molecule has 1 saturated carbocycles. The van der Waals surface area contributed by atoms with E-state index < -0.39 is 50.4 Å². The van der Waals surface area contributed by atoms with Crippen LogP contribution in [-0.2, 0) is 9.59 Å². The highest BCUT2D eigenvalue weighted by molar-refractivity contribution is 6.37. The van der Waals surface area contributed by atoms with Gasteiger partial charge in [-0.15, -0.1) is 19.6 Å². The summed E-state index contributed by atoms with van der Waals surface area (Å²) in [6.07, 6.45) is 1.08. The molecule has 0 radical (unpaired) electrons. The number of anilines is 1. The van der Waals surface area contributed by atoms with Gasteiger partial charge in [0.2, 0.25) is 0 Å². The first kappa shape index (κ1) is 25.2. The third-order valence-corrected chi connectivity index (χ3v) is 5.67. The number of aliphatic carboxylic acids is 1. The number of carbonyl (C=O) groups is 2. The first-order valence-electron chi connectivity index (χ1n) is 9.22. The van der Waals surface area contributed by atoms with Crippen molar-refractivity contribution in [2.45, 2.75) is 58.9 Å². The van der Waals surface area contributed by atoms with Crippen LogP contribution in [0.15, 0.2) is 12.1 Å². The van der Waals surface area contributed by atoms with E-state index in [1.54, 1.807) is 0 Å². The Morgan fingerprint density at radius 1 is 1.10 bits per heavy atom. The molecule has 1 aromatic rings. The molecule has 1 aliphatic rings. The van der Waals surface area contributed by atoms with Crippen molar-refractivity contribution in [1.29, 1.82) is 0 Å². The number of hydrogen-bond donors (Lipinski definition) is 1. The number of carboxylic acid groups (broad SMARTS) is 1. The third kappa shape index (κ3) is 5.39. The summed E-state index contributed by atoms with van der Waals surface area (Å²) in [5.74, 6) is -1.22. The fourth-order valence-electron chi connectivity index (χ4n) is 4.98. The summed E-state index contributed by atoms with van der Waals surface area (Å²) in [7, 11) is 0. The van der Waals surface area contributed by atoms with Gasteiger partial charge in [0.1, 0.15) is 5.54 Å². The van der Waals surface area contributed by atoms with Crippen LogP contribution in [0, 0.1) is 23.2 Å². The first-order valence-corrected chi connectivity index (χ1v) is 9.98. The maximum Gasteiger partial charge on any atom is 0.573 e. The van der Waals surface area contributed by atoms with Crippen molar-refractivity contribution in [3.05, 3.63) is 22.2 Å². The fourth-order valence-corrected chi connectivity index (χ4v) is 5.54. The molecule has 0 atom stereocenters. The van der Waals surface area contributed by atoms with Crippen LogP contribution < -0.4 is 9.64 Å². The molecule has 170 valence electrons. The van der Waals surface area contributed by atoms with Gasteiger partial charge in [0.25, 0.3) is 0 Å². The van der Waals surface area contributed by atoms with Crippen molar-refractivity contribution in [2.24, 2.45) is 10.8 Å². The predicted molar refractivity (Wildman–Crippen MR) is 111 cm³/mol. The minimum absolute atomic E-state index is 0.0578. The quantitative estimate of drug-likeness (QED) is 0.544. The van der Waals surface area contributed by atoms with Crippen LogP contribution in [0.5, 0.6) is 5.75 Å². The Morgan fingerprint density at radius 3 is 1.90 bits per heavy atom. The van der Waals surface area contributed by atoms with Gasteiger partial charge in [0.15, 0.2) is 5.75 Å². The largest absolute Gasteiger partial charge is 0.573 e. The monoisotopic (exact) mass is 479 g/mol. The molecule has 5 nitrogen and oxygen atoms in total. The van der Waals surface area contributed by atoms with Gasteiger partial charge in [-0.1, -0.05) is 50.9 Å². The van der Waals surface area contributed by atoms with E-state index in [2.05, 4.69) is 4.74 Å². The van der Waals surface area contributed by atoms with E-state index in [1.807, 2.05) is 33.6 Å². The average molecular weight is 480 g/mol. The van der Waals surface area contributed by atoms with E-state index in [-0.39, 0.29) is 18.5 Å². The molecule has 1 fully saturated rings. The number of rotatable bonds is 4. The summed E-state index contributed by atoms with van der Waals surface area (Å²) < 4.78 is 41.8. The fraction of sp³-hybridized carbons (Fsp3) is 0.524. The number of carboxylic acids is 1. The second-order valence-corrected chi connectivity index (χ2v) is 10.1. The smallest absolute Gasteiger partial charge is 0.479 e. The molecule has 1 N–H and O–H groups in total. The standard InChI is InChI=1S/C21H22Cl2F3NO4/c1-6-15(28)27(12-7-13(22)16(14(23)8-12)31-21(24,25)26)20(17(29)30)10-18(2,3)9-19(4,5)11-20/h1,7-8H,9-11H2,2-5H3,(H,29,30). The predicted octanol–water partition coefficient (Wildman–Crippen LogP) is 5.92. The molecule has 0 saturated heterocycles. The lowest BCUT2D eigenvalue weighted by molar-refractivity contribution is -0.274. The van der Waals surface area contributed by atoms with E-state index in [9.17, 15) is 27.9 Å².